The molecule has 0 bridgehead atoms. The Kier molecular flexibility index (Phi) is 5.27. The van der Waals surface area contributed by atoms with Crippen molar-refractivity contribution in [1.29, 1.82) is 0 Å². The van der Waals surface area contributed by atoms with Crippen molar-refractivity contribution in [3.05, 3.63) is 0 Å². The van der Waals surface area contributed by atoms with Crippen LogP contribution in [0, 0.1) is 5.41 Å². The molecule has 1 aliphatic carbocycles. The van der Waals surface area contributed by atoms with E-state index in [0.717, 1.165) is 12.1 Å². The lowest BCUT2D eigenvalue weighted by atomic mass is 9.84. The molecule has 1 heterocycles. The number of rotatable bonds is 8. The Labute approximate surface area is 119 Å². The van der Waals surface area contributed by atoms with Crippen LogP contribution in [0.4, 0.5) is 0 Å². The summed E-state index contributed by atoms with van der Waals surface area (Å²) < 4.78 is 0. The average molecular weight is 267 g/mol. The van der Waals surface area contributed by atoms with E-state index in [1.807, 2.05) is 0 Å². The molecule has 1 aliphatic heterocycles. The Morgan fingerprint density at radius 1 is 1.26 bits per heavy atom. The lowest BCUT2D eigenvalue weighted by molar-refractivity contribution is 0.163. The highest BCUT2D eigenvalue weighted by atomic mass is 15.2. The molecule has 112 valence electrons. The van der Waals surface area contributed by atoms with E-state index in [2.05, 4.69) is 43.1 Å². The van der Waals surface area contributed by atoms with Crippen molar-refractivity contribution in [3.63, 3.8) is 0 Å². The Bertz CT molecular complexity index is 275. The highest BCUT2D eigenvalue weighted by Gasteiger charge is 2.32. The molecule has 3 heteroatoms. The van der Waals surface area contributed by atoms with E-state index in [1.165, 1.54) is 58.3 Å². The predicted molar refractivity (Wildman–Crippen MR) is 82.6 cm³/mol. The van der Waals surface area contributed by atoms with Crippen LogP contribution in [-0.4, -0.2) is 62.2 Å². The second-order valence-corrected chi connectivity index (χ2v) is 7.36. The SMILES string of the molecule is CCCC(C)(CNC1CC1)CN1CCC(N(C)C)C1. The van der Waals surface area contributed by atoms with E-state index in [1.54, 1.807) is 0 Å². The molecule has 0 spiro atoms. The van der Waals surface area contributed by atoms with Crippen molar-refractivity contribution in [2.75, 3.05) is 40.3 Å². The molecule has 2 aliphatic rings. The second-order valence-electron chi connectivity index (χ2n) is 7.36. The number of likely N-dealkylation sites (tertiary alicyclic amines) is 1. The van der Waals surface area contributed by atoms with E-state index in [4.69, 9.17) is 0 Å². The van der Waals surface area contributed by atoms with Crippen molar-refractivity contribution in [2.45, 2.75) is 58.0 Å². The largest absolute Gasteiger partial charge is 0.313 e. The van der Waals surface area contributed by atoms with Crippen LogP contribution < -0.4 is 5.32 Å². The van der Waals surface area contributed by atoms with Crippen molar-refractivity contribution >= 4 is 0 Å². The molecule has 1 N–H and O–H groups in total. The summed E-state index contributed by atoms with van der Waals surface area (Å²) in [6.07, 6.45) is 6.78. The molecule has 0 radical (unpaired) electrons. The van der Waals surface area contributed by atoms with E-state index in [-0.39, 0.29) is 0 Å². The van der Waals surface area contributed by atoms with Crippen LogP contribution in [0.25, 0.3) is 0 Å². The Morgan fingerprint density at radius 3 is 2.53 bits per heavy atom. The molecule has 2 rings (SSSR count). The van der Waals surface area contributed by atoms with Crippen LogP contribution in [0.2, 0.25) is 0 Å². The van der Waals surface area contributed by atoms with Crippen LogP contribution in [-0.2, 0) is 0 Å². The second kappa shape index (κ2) is 6.55. The molecule has 0 aromatic heterocycles. The zero-order valence-corrected chi connectivity index (χ0v) is 13.4. The third-order valence-corrected chi connectivity index (χ3v) is 4.83. The van der Waals surface area contributed by atoms with Gasteiger partial charge in [-0.2, -0.15) is 0 Å². The Morgan fingerprint density at radius 2 is 2.00 bits per heavy atom. The van der Waals surface area contributed by atoms with Gasteiger partial charge in [0.1, 0.15) is 0 Å². The maximum absolute atomic E-state index is 3.75. The molecule has 0 amide bonds. The van der Waals surface area contributed by atoms with E-state index >= 15 is 0 Å². The maximum Gasteiger partial charge on any atom is 0.0229 e. The van der Waals surface area contributed by atoms with Crippen LogP contribution in [0.5, 0.6) is 0 Å². The van der Waals surface area contributed by atoms with Gasteiger partial charge < -0.3 is 15.1 Å². The van der Waals surface area contributed by atoms with Gasteiger partial charge in [-0.3, -0.25) is 0 Å². The quantitative estimate of drug-likeness (QED) is 0.727. The summed E-state index contributed by atoms with van der Waals surface area (Å²) in [6, 6.07) is 1.60. The first-order valence-corrected chi connectivity index (χ1v) is 8.14. The Balaban J connectivity index is 1.81. The van der Waals surface area contributed by atoms with Gasteiger partial charge in [-0.1, -0.05) is 20.3 Å². The third kappa shape index (κ3) is 4.73. The van der Waals surface area contributed by atoms with Crippen molar-refractivity contribution < 1.29 is 0 Å². The first-order valence-electron chi connectivity index (χ1n) is 8.14. The molecule has 1 saturated carbocycles. The number of nitrogens with zero attached hydrogens (tertiary/aromatic N) is 2. The van der Waals surface area contributed by atoms with Crippen LogP contribution in [0.15, 0.2) is 0 Å². The topological polar surface area (TPSA) is 18.5 Å². The van der Waals surface area contributed by atoms with E-state index in [9.17, 15) is 0 Å². The summed E-state index contributed by atoms with van der Waals surface area (Å²) in [7, 11) is 4.43. The van der Waals surface area contributed by atoms with Gasteiger partial charge in [-0.25, -0.2) is 0 Å². The smallest absolute Gasteiger partial charge is 0.0229 e. The molecule has 0 aromatic carbocycles. The third-order valence-electron chi connectivity index (χ3n) is 4.83. The molecule has 1 saturated heterocycles. The van der Waals surface area contributed by atoms with Gasteiger partial charge in [0.25, 0.3) is 0 Å². The van der Waals surface area contributed by atoms with Gasteiger partial charge in [0, 0.05) is 31.7 Å². The number of hydrogen-bond donors (Lipinski definition) is 1. The molecule has 2 atom stereocenters. The van der Waals surface area contributed by atoms with Gasteiger partial charge in [-0.15, -0.1) is 0 Å². The highest BCUT2D eigenvalue weighted by Crippen LogP contribution is 2.28. The van der Waals surface area contributed by atoms with Gasteiger partial charge >= 0.3 is 0 Å². The molecule has 19 heavy (non-hydrogen) atoms. The zero-order valence-electron chi connectivity index (χ0n) is 13.4. The number of likely N-dealkylation sites (N-methyl/N-ethyl adjacent to an activating group) is 1. The lowest BCUT2D eigenvalue weighted by Crippen LogP contribution is -2.43. The van der Waals surface area contributed by atoms with Crippen molar-refractivity contribution in [2.24, 2.45) is 5.41 Å². The molecular weight excluding hydrogens is 234 g/mol. The highest BCUT2D eigenvalue weighted by molar-refractivity contribution is 4.90. The van der Waals surface area contributed by atoms with Crippen LogP contribution >= 0.6 is 0 Å². The van der Waals surface area contributed by atoms with E-state index in [0.29, 0.717) is 5.41 Å². The first-order chi connectivity index (χ1) is 9.02. The summed E-state index contributed by atoms with van der Waals surface area (Å²) in [6.45, 7) is 9.82. The fourth-order valence-electron chi connectivity index (χ4n) is 3.42. The summed E-state index contributed by atoms with van der Waals surface area (Å²) >= 11 is 0. The first kappa shape index (κ1) is 15.3. The van der Waals surface area contributed by atoms with Crippen LogP contribution in [0.3, 0.4) is 0 Å². The van der Waals surface area contributed by atoms with Crippen LogP contribution in [0.1, 0.15) is 46.0 Å². The maximum atomic E-state index is 3.75. The van der Waals surface area contributed by atoms with Gasteiger partial charge in [0.05, 0.1) is 0 Å². The van der Waals surface area contributed by atoms with Crippen molar-refractivity contribution in [1.82, 2.24) is 15.1 Å². The summed E-state index contributed by atoms with van der Waals surface area (Å²) in [5.41, 5.74) is 0.457. The molecule has 2 fully saturated rings. The monoisotopic (exact) mass is 267 g/mol. The fourth-order valence-corrected chi connectivity index (χ4v) is 3.42. The number of hydrogen-bond acceptors (Lipinski definition) is 3. The van der Waals surface area contributed by atoms with Gasteiger partial charge in [0.2, 0.25) is 0 Å². The molecule has 3 nitrogen and oxygen atoms in total. The molecular formula is C16H33N3. The predicted octanol–water partition coefficient (Wildman–Crippen LogP) is 2.18. The summed E-state index contributed by atoms with van der Waals surface area (Å²) in [5.74, 6) is 0. The average Bonchev–Trinajstić information content (AvgIpc) is 3.06. The normalized spacial score (nSPS) is 27.9. The fraction of sp³-hybridized carbons (Fsp3) is 1.00. The minimum absolute atomic E-state index is 0.457. The standard InChI is InChI=1S/C16H33N3/c1-5-9-16(2,12-17-14-6-7-14)13-19-10-8-15(11-19)18(3)4/h14-15,17H,5-13H2,1-4H3. The summed E-state index contributed by atoms with van der Waals surface area (Å²) in [5, 5.41) is 3.75. The molecule has 0 aromatic rings. The van der Waals surface area contributed by atoms with Gasteiger partial charge in [0.15, 0.2) is 0 Å². The van der Waals surface area contributed by atoms with E-state index < -0.39 is 0 Å². The minimum atomic E-state index is 0.457. The minimum Gasteiger partial charge on any atom is -0.313 e. The Hall–Kier alpha value is -0.120. The van der Waals surface area contributed by atoms with Gasteiger partial charge in [-0.05, 0) is 51.7 Å². The van der Waals surface area contributed by atoms with Crippen molar-refractivity contribution in [3.8, 4) is 0 Å². The lowest BCUT2D eigenvalue weighted by Gasteiger charge is -2.34. The summed E-state index contributed by atoms with van der Waals surface area (Å²) in [4.78, 5) is 5.08. The zero-order chi connectivity index (χ0) is 13.9. The molecule has 2 unspecified atom stereocenters. The number of nitrogens with one attached hydrogen (secondary N) is 1.